The van der Waals surface area contributed by atoms with Crippen LogP contribution >= 0.6 is 0 Å². The summed E-state index contributed by atoms with van der Waals surface area (Å²) in [5, 5.41) is 9.74. The predicted molar refractivity (Wildman–Crippen MR) is 116 cm³/mol. The lowest BCUT2D eigenvalue weighted by Gasteiger charge is -2.62. The SMILES string of the molecule is C[C@]12CCC(=O)N(Cc3ccccc3)C1CC[C@@H]1[C@H]2CC[C@]2(C)C(C(=O)O)=CC[C@@H]12. The number of hydrogen-bond donors (Lipinski definition) is 1. The van der Waals surface area contributed by atoms with Gasteiger partial charge in [0.2, 0.25) is 5.91 Å². The fraction of sp³-hybridized carbons (Fsp3) is 0.615. The molecule has 1 N–H and O–H groups in total. The Kier molecular flexibility index (Phi) is 4.61. The third kappa shape index (κ3) is 2.79. The second-order valence-corrected chi connectivity index (χ2v) is 10.6. The molecule has 1 aromatic carbocycles. The van der Waals surface area contributed by atoms with Gasteiger partial charge in [-0.1, -0.05) is 50.3 Å². The minimum absolute atomic E-state index is 0.138. The van der Waals surface area contributed by atoms with Crippen molar-refractivity contribution in [1.82, 2.24) is 4.90 Å². The van der Waals surface area contributed by atoms with Crippen LogP contribution in [0.15, 0.2) is 42.0 Å². The lowest BCUT2D eigenvalue weighted by Crippen LogP contribution is -2.62. The predicted octanol–water partition coefficient (Wildman–Crippen LogP) is 5.04. The Bertz CT molecular complexity index is 893. The molecule has 0 aromatic heterocycles. The molecule has 0 bridgehead atoms. The maximum atomic E-state index is 13.0. The average molecular weight is 408 g/mol. The van der Waals surface area contributed by atoms with Crippen LogP contribution in [-0.4, -0.2) is 27.9 Å². The van der Waals surface area contributed by atoms with Crippen LogP contribution in [-0.2, 0) is 16.1 Å². The Morgan fingerprint density at radius 1 is 1.10 bits per heavy atom. The smallest absolute Gasteiger partial charge is 0.331 e. The van der Waals surface area contributed by atoms with E-state index >= 15 is 0 Å². The molecule has 30 heavy (non-hydrogen) atoms. The number of aliphatic carboxylic acids is 1. The number of carbonyl (C=O) groups is 2. The summed E-state index contributed by atoms with van der Waals surface area (Å²) in [6, 6.07) is 10.7. The van der Waals surface area contributed by atoms with Gasteiger partial charge in [0.15, 0.2) is 0 Å². The molecule has 6 atom stereocenters. The minimum atomic E-state index is -0.726. The zero-order chi connectivity index (χ0) is 21.1. The summed E-state index contributed by atoms with van der Waals surface area (Å²) >= 11 is 0. The standard InChI is InChI=1S/C26H33NO3/c1-25-14-12-20-18(19(25)9-10-21(25)24(29)30)8-11-22-26(20,2)15-13-23(28)27(22)16-17-6-4-3-5-7-17/h3-7,10,18-20,22H,8-9,11-16H2,1-2H3,(H,29,30)/t18-,19-,20+,22?,25-,26+/m0/s1. The van der Waals surface area contributed by atoms with E-state index in [9.17, 15) is 14.7 Å². The van der Waals surface area contributed by atoms with E-state index in [1.54, 1.807) is 0 Å². The van der Waals surface area contributed by atoms with Crippen LogP contribution in [0.3, 0.4) is 0 Å². The molecule has 4 heteroatoms. The first-order valence-electron chi connectivity index (χ1n) is 11.6. The van der Waals surface area contributed by atoms with Gasteiger partial charge in [0.05, 0.1) is 0 Å². The number of rotatable bonds is 3. The van der Waals surface area contributed by atoms with Gasteiger partial charge in [-0.3, -0.25) is 4.79 Å². The van der Waals surface area contributed by atoms with Crippen molar-refractivity contribution in [3.8, 4) is 0 Å². The summed E-state index contributed by atoms with van der Waals surface area (Å²) in [7, 11) is 0. The van der Waals surface area contributed by atoms with Gasteiger partial charge in [0.25, 0.3) is 0 Å². The molecule has 5 rings (SSSR count). The van der Waals surface area contributed by atoms with Crippen molar-refractivity contribution in [2.24, 2.45) is 28.6 Å². The van der Waals surface area contributed by atoms with Crippen molar-refractivity contribution in [2.45, 2.75) is 71.4 Å². The van der Waals surface area contributed by atoms with E-state index in [0.29, 0.717) is 48.2 Å². The van der Waals surface area contributed by atoms with E-state index in [1.165, 1.54) is 5.56 Å². The molecule has 3 aliphatic carbocycles. The Labute approximate surface area is 179 Å². The Balaban J connectivity index is 1.42. The molecule has 3 fully saturated rings. The van der Waals surface area contributed by atoms with Crippen molar-refractivity contribution in [3.63, 3.8) is 0 Å². The summed E-state index contributed by atoms with van der Waals surface area (Å²) in [5.74, 6) is 1.18. The Morgan fingerprint density at radius 2 is 1.87 bits per heavy atom. The van der Waals surface area contributed by atoms with Gasteiger partial charge >= 0.3 is 5.97 Å². The van der Waals surface area contributed by atoms with E-state index in [-0.39, 0.29) is 10.8 Å². The molecule has 0 spiro atoms. The van der Waals surface area contributed by atoms with Crippen molar-refractivity contribution in [1.29, 1.82) is 0 Å². The number of carboxylic acids is 1. The number of allylic oxidation sites excluding steroid dienone is 1. The van der Waals surface area contributed by atoms with Crippen molar-refractivity contribution in [2.75, 3.05) is 0 Å². The van der Waals surface area contributed by atoms with Gasteiger partial charge in [-0.15, -0.1) is 0 Å². The second-order valence-electron chi connectivity index (χ2n) is 10.6. The van der Waals surface area contributed by atoms with Crippen LogP contribution in [0.25, 0.3) is 0 Å². The summed E-state index contributed by atoms with van der Waals surface area (Å²) in [5.41, 5.74) is 1.82. The van der Waals surface area contributed by atoms with Gasteiger partial charge in [-0.25, -0.2) is 4.79 Å². The fourth-order valence-electron chi connectivity index (χ4n) is 7.87. The molecule has 1 unspecified atom stereocenters. The van der Waals surface area contributed by atoms with Crippen LogP contribution in [0.2, 0.25) is 0 Å². The molecule has 1 aromatic rings. The number of benzene rings is 1. The number of nitrogens with zero attached hydrogens (tertiary/aromatic N) is 1. The molecule has 1 saturated heterocycles. The van der Waals surface area contributed by atoms with E-state index in [1.807, 2.05) is 12.1 Å². The first-order valence-corrected chi connectivity index (χ1v) is 11.6. The second kappa shape index (κ2) is 6.96. The molecule has 1 heterocycles. The highest BCUT2D eigenvalue weighted by Crippen LogP contribution is 2.64. The first kappa shape index (κ1) is 19.8. The highest BCUT2D eigenvalue weighted by Gasteiger charge is 2.60. The Hall–Kier alpha value is -2.10. The lowest BCUT2D eigenvalue weighted by atomic mass is 9.47. The summed E-state index contributed by atoms with van der Waals surface area (Å²) < 4.78 is 0. The third-order valence-electron chi connectivity index (χ3n) is 9.40. The van der Waals surface area contributed by atoms with Crippen molar-refractivity contribution < 1.29 is 14.7 Å². The molecular formula is C26H33NO3. The van der Waals surface area contributed by atoms with Crippen LogP contribution in [0, 0.1) is 28.6 Å². The molecular weight excluding hydrogens is 374 g/mol. The molecule has 0 radical (unpaired) electrons. The number of piperidine rings is 1. The van der Waals surface area contributed by atoms with Crippen LogP contribution < -0.4 is 0 Å². The number of carbonyl (C=O) groups excluding carboxylic acids is 1. The Morgan fingerprint density at radius 3 is 2.60 bits per heavy atom. The summed E-state index contributed by atoms with van der Waals surface area (Å²) in [6.45, 7) is 5.34. The number of likely N-dealkylation sites (tertiary alicyclic amines) is 1. The van der Waals surface area contributed by atoms with Crippen molar-refractivity contribution in [3.05, 3.63) is 47.5 Å². The maximum absolute atomic E-state index is 13.0. The quantitative estimate of drug-likeness (QED) is 0.763. The van der Waals surface area contributed by atoms with Gasteiger partial charge in [-0.2, -0.15) is 0 Å². The molecule has 1 amide bonds. The first-order chi connectivity index (χ1) is 14.3. The third-order valence-corrected chi connectivity index (χ3v) is 9.40. The molecule has 1 aliphatic heterocycles. The normalized spacial score (nSPS) is 40.3. The highest BCUT2D eigenvalue weighted by molar-refractivity contribution is 5.89. The molecule has 4 aliphatic rings. The zero-order valence-corrected chi connectivity index (χ0v) is 18.1. The van der Waals surface area contributed by atoms with Gasteiger partial charge in [-0.05, 0) is 67.3 Å². The molecule has 160 valence electrons. The van der Waals surface area contributed by atoms with Crippen LogP contribution in [0.1, 0.15) is 64.4 Å². The van der Waals surface area contributed by atoms with E-state index in [4.69, 9.17) is 0 Å². The number of amides is 1. The van der Waals surface area contributed by atoms with Crippen LogP contribution in [0.4, 0.5) is 0 Å². The van der Waals surface area contributed by atoms with E-state index in [2.05, 4.69) is 43.0 Å². The number of fused-ring (bicyclic) bond motifs is 5. The highest BCUT2D eigenvalue weighted by atomic mass is 16.4. The molecule has 4 nitrogen and oxygen atoms in total. The largest absolute Gasteiger partial charge is 0.478 e. The lowest BCUT2D eigenvalue weighted by molar-refractivity contribution is -0.161. The number of carboxylic acid groups (broad SMARTS) is 1. The van der Waals surface area contributed by atoms with Gasteiger partial charge < -0.3 is 10.0 Å². The van der Waals surface area contributed by atoms with Crippen molar-refractivity contribution >= 4 is 11.9 Å². The van der Waals surface area contributed by atoms with Crippen LogP contribution in [0.5, 0.6) is 0 Å². The zero-order valence-electron chi connectivity index (χ0n) is 18.1. The molecule has 2 saturated carbocycles. The fourth-order valence-corrected chi connectivity index (χ4v) is 7.87. The van der Waals surface area contributed by atoms with Gasteiger partial charge in [0.1, 0.15) is 0 Å². The monoisotopic (exact) mass is 407 g/mol. The maximum Gasteiger partial charge on any atom is 0.331 e. The number of hydrogen-bond acceptors (Lipinski definition) is 2. The average Bonchev–Trinajstić information content (AvgIpc) is 3.09. The van der Waals surface area contributed by atoms with E-state index in [0.717, 1.165) is 38.5 Å². The minimum Gasteiger partial charge on any atom is -0.478 e. The topological polar surface area (TPSA) is 57.6 Å². The van der Waals surface area contributed by atoms with Gasteiger partial charge in [0, 0.05) is 30.0 Å². The van der Waals surface area contributed by atoms with E-state index < -0.39 is 5.97 Å². The summed E-state index contributed by atoms with van der Waals surface area (Å²) in [6.07, 6.45) is 8.75. The summed E-state index contributed by atoms with van der Waals surface area (Å²) in [4.78, 5) is 27.0.